The van der Waals surface area contributed by atoms with Crippen LogP contribution in [0.4, 0.5) is 5.69 Å². The van der Waals surface area contributed by atoms with Crippen LogP contribution in [0.15, 0.2) is 41.8 Å². The van der Waals surface area contributed by atoms with Crippen molar-refractivity contribution < 1.29 is 5.11 Å². The summed E-state index contributed by atoms with van der Waals surface area (Å²) < 4.78 is 0. The second kappa shape index (κ2) is 6.60. The summed E-state index contributed by atoms with van der Waals surface area (Å²) in [5.41, 5.74) is 2.62. The van der Waals surface area contributed by atoms with E-state index >= 15 is 0 Å². The molecule has 1 aliphatic heterocycles. The highest BCUT2D eigenvalue weighted by Crippen LogP contribution is 2.22. The van der Waals surface area contributed by atoms with Gasteiger partial charge in [0.15, 0.2) is 0 Å². The van der Waals surface area contributed by atoms with Crippen molar-refractivity contribution in [1.82, 2.24) is 4.90 Å². The molecule has 0 amide bonds. The number of hydrogen-bond acceptors (Lipinski definition) is 4. The van der Waals surface area contributed by atoms with Gasteiger partial charge in [-0.1, -0.05) is 18.2 Å². The molecular weight excluding hydrogens is 280 g/mol. The first kappa shape index (κ1) is 14.6. The SMILES string of the molecule is Cc1cccc(N2CCN(CC(O)c3cccs3)CC2)c1. The zero-order valence-electron chi connectivity index (χ0n) is 12.4. The average molecular weight is 302 g/mol. The van der Waals surface area contributed by atoms with Gasteiger partial charge in [-0.3, -0.25) is 4.90 Å². The molecule has 1 aromatic carbocycles. The second-order valence-corrected chi connectivity index (χ2v) is 6.64. The minimum absolute atomic E-state index is 0.351. The number of nitrogens with zero attached hydrogens (tertiary/aromatic N) is 2. The molecule has 1 atom stereocenters. The summed E-state index contributed by atoms with van der Waals surface area (Å²) in [6, 6.07) is 12.7. The molecule has 2 aromatic rings. The van der Waals surface area contributed by atoms with Crippen molar-refractivity contribution in [3.05, 3.63) is 52.2 Å². The molecule has 1 fully saturated rings. The van der Waals surface area contributed by atoms with Crippen LogP contribution >= 0.6 is 11.3 Å². The van der Waals surface area contributed by atoms with Crippen LogP contribution in [0.2, 0.25) is 0 Å². The summed E-state index contributed by atoms with van der Waals surface area (Å²) in [5.74, 6) is 0. The quantitative estimate of drug-likeness (QED) is 0.941. The highest BCUT2D eigenvalue weighted by atomic mass is 32.1. The van der Waals surface area contributed by atoms with Crippen molar-refractivity contribution in [3.63, 3.8) is 0 Å². The van der Waals surface area contributed by atoms with Crippen LogP contribution in [0, 0.1) is 6.92 Å². The topological polar surface area (TPSA) is 26.7 Å². The Labute approximate surface area is 130 Å². The van der Waals surface area contributed by atoms with Gasteiger partial charge in [0.05, 0.1) is 0 Å². The number of β-amino-alcohol motifs (C(OH)–C–C–N with tert-alkyl or cyclic N) is 1. The number of aryl methyl sites for hydroxylation is 1. The van der Waals surface area contributed by atoms with E-state index in [1.165, 1.54) is 11.3 Å². The first-order chi connectivity index (χ1) is 10.2. The van der Waals surface area contributed by atoms with Crippen molar-refractivity contribution in [2.75, 3.05) is 37.6 Å². The smallest absolute Gasteiger partial charge is 0.101 e. The maximum absolute atomic E-state index is 10.2. The summed E-state index contributed by atoms with van der Waals surface area (Å²) in [6.07, 6.45) is -0.351. The van der Waals surface area contributed by atoms with E-state index in [0.29, 0.717) is 0 Å². The Morgan fingerprint density at radius 2 is 1.95 bits per heavy atom. The van der Waals surface area contributed by atoms with Crippen LogP contribution in [0.1, 0.15) is 16.5 Å². The lowest BCUT2D eigenvalue weighted by molar-refractivity contribution is 0.112. The molecule has 2 heterocycles. The summed E-state index contributed by atoms with van der Waals surface area (Å²) in [7, 11) is 0. The fraction of sp³-hybridized carbons (Fsp3) is 0.412. The predicted molar refractivity (Wildman–Crippen MR) is 89.1 cm³/mol. The first-order valence-corrected chi connectivity index (χ1v) is 8.36. The van der Waals surface area contributed by atoms with E-state index in [0.717, 1.165) is 37.6 Å². The van der Waals surface area contributed by atoms with Crippen molar-refractivity contribution >= 4 is 17.0 Å². The lowest BCUT2D eigenvalue weighted by atomic mass is 10.2. The minimum atomic E-state index is -0.351. The monoisotopic (exact) mass is 302 g/mol. The Hall–Kier alpha value is -1.36. The van der Waals surface area contributed by atoms with Gasteiger partial charge < -0.3 is 10.0 Å². The Morgan fingerprint density at radius 1 is 1.14 bits per heavy atom. The molecule has 3 rings (SSSR count). The summed E-state index contributed by atoms with van der Waals surface area (Å²) in [4.78, 5) is 5.86. The van der Waals surface area contributed by atoms with Crippen LogP contribution in [0.25, 0.3) is 0 Å². The van der Waals surface area contributed by atoms with E-state index in [2.05, 4.69) is 41.0 Å². The third kappa shape index (κ3) is 3.64. The largest absolute Gasteiger partial charge is 0.386 e. The molecule has 0 spiro atoms. The number of rotatable bonds is 4. The molecule has 21 heavy (non-hydrogen) atoms. The maximum atomic E-state index is 10.2. The predicted octanol–water partition coefficient (Wildman–Crippen LogP) is 2.91. The fourth-order valence-corrected chi connectivity index (χ4v) is 3.53. The Balaban J connectivity index is 1.53. The van der Waals surface area contributed by atoms with Gasteiger partial charge in [0.2, 0.25) is 0 Å². The zero-order valence-corrected chi connectivity index (χ0v) is 13.2. The van der Waals surface area contributed by atoms with Crippen LogP contribution < -0.4 is 4.90 Å². The molecule has 1 aromatic heterocycles. The summed E-state index contributed by atoms with van der Waals surface area (Å²) in [5, 5.41) is 12.3. The third-order valence-corrected chi connectivity index (χ3v) is 5.02. The van der Waals surface area contributed by atoms with Crippen LogP contribution in [-0.2, 0) is 0 Å². The Bertz CT molecular complexity index is 562. The number of piperazine rings is 1. The van der Waals surface area contributed by atoms with Gasteiger partial charge in [-0.25, -0.2) is 0 Å². The van der Waals surface area contributed by atoms with Crippen LogP contribution in [0.5, 0.6) is 0 Å². The van der Waals surface area contributed by atoms with E-state index in [1.807, 2.05) is 17.5 Å². The van der Waals surface area contributed by atoms with Gasteiger partial charge in [0, 0.05) is 43.3 Å². The van der Waals surface area contributed by atoms with E-state index in [1.54, 1.807) is 11.3 Å². The van der Waals surface area contributed by atoms with E-state index in [9.17, 15) is 5.11 Å². The van der Waals surface area contributed by atoms with Gasteiger partial charge in [-0.15, -0.1) is 11.3 Å². The first-order valence-electron chi connectivity index (χ1n) is 7.48. The minimum Gasteiger partial charge on any atom is -0.386 e. The molecular formula is C17H22N2OS. The molecule has 0 aliphatic carbocycles. The molecule has 3 nitrogen and oxygen atoms in total. The van der Waals surface area contributed by atoms with Crippen molar-refractivity contribution in [2.24, 2.45) is 0 Å². The number of thiophene rings is 1. The van der Waals surface area contributed by atoms with E-state index < -0.39 is 0 Å². The van der Waals surface area contributed by atoms with Crippen molar-refractivity contribution in [2.45, 2.75) is 13.0 Å². The molecule has 1 N–H and O–H groups in total. The van der Waals surface area contributed by atoms with E-state index in [4.69, 9.17) is 0 Å². The Kier molecular flexibility index (Phi) is 4.58. The van der Waals surface area contributed by atoms with Crippen LogP contribution in [-0.4, -0.2) is 42.7 Å². The molecule has 1 unspecified atom stereocenters. The average Bonchev–Trinajstić information content (AvgIpc) is 3.02. The summed E-state index contributed by atoms with van der Waals surface area (Å²) in [6.45, 7) is 6.95. The number of hydrogen-bond donors (Lipinski definition) is 1. The molecule has 1 aliphatic rings. The lowest BCUT2D eigenvalue weighted by Gasteiger charge is -2.37. The standard InChI is InChI=1S/C17H22N2OS/c1-14-4-2-5-15(12-14)19-9-7-18(8-10-19)13-16(20)17-6-3-11-21-17/h2-6,11-12,16,20H,7-10,13H2,1H3. The highest BCUT2D eigenvalue weighted by Gasteiger charge is 2.20. The van der Waals surface area contributed by atoms with Gasteiger partial charge >= 0.3 is 0 Å². The van der Waals surface area contributed by atoms with Crippen LogP contribution in [0.3, 0.4) is 0 Å². The molecule has 0 bridgehead atoms. The van der Waals surface area contributed by atoms with Gasteiger partial charge in [-0.05, 0) is 36.1 Å². The zero-order chi connectivity index (χ0) is 14.7. The normalized spacial score (nSPS) is 17.9. The van der Waals surface area contributed by atoms with Crippen molar-refractivity contribution in [3.8, 4) is 0 Å². The van der Waals surface area contributed by atoms with Crippen molar-refractivity contribution in [1.29, 1.82) is 0 Å². The molecule has 0 saturated carbocycles. The van der Waals surface area contributed by atoms with Gasteiger partial charge in [-0.2, -0.15) is 0 Å². The van der Waals surface area contributed by atoms with Gasteiger partial charge in [0.1, 0.15) is 6.10 Å². The molecule has 0 radical (unpaired) electrons. The highest BCUT2D eigenvalue weighted by molar-refractivity contribution is 7.10. The second-order valence-electron chi connectivity index (χ2n) is 5.66. The van der Waals surface area contributed by atoms with Gasteiger partial charge in [0.25, 0.3) is 0 Å². The lowest BCUT2D eigenvalue weighted by Crippen LogP contribution is -2.47. The number of aliphatic hydroxyl groups excluding tert-OH is 1. The maximum Gasteiger partial charge on any atom is 0.101 e. The molecule has 112 valence electrons. The summed E-state index contributed by atoms with van der Waals surface area (Å²) >= 11 is 1.63. The third-order valence-electron chi connectivity index (χ3n) is 4.04. The molecule has 1 saturated heterocycles. The Morgan fingerprint density at radius 3 is 2.62 bits per heavy atom. The fourth-order valence-electron chi connectivity index (χ4n) is 2.83. The number of benzene rings is 1. The number of anilines is 1. The molecule has 4 heteroatoms. The van der Waals surface area contributed by atoms with E-state index in [-0.39, 0.29) is 6.10 Å². The number of aliphatic hydroxyl groups is 1.